The summed E-state index contributed by atoms with van der Waals surface area (Å²) in [4.78, 5) is 40.9. The number of nitrogens with one attached hydrogen (secondary N) is 1. The molecule has 2 saturated heterocycles. The van der Waals surface area contributed by atoms with Crippen LogP contribution in [0.2, 0.25) is 0 Å². The summed E-state index contributed by atoms with van der Waals surface area (Å²) in [5.41, 5.74) is 0.911. The van der Waals surface area contributed by atoms with Crippen LogP contribution in [0, 0.1) is 5.92 Å². The van der Waals surface area contributed by atoms with Crippen LogP contribution in [-0.2, 0) is 20.7 Å². The lowest BCUT2D eigenvalue weighted by atomic mass is 9.91. The van der Waals surface area contributed by atoms with Crippen LogP contribution in [0.15, 0.2) is 18.2 Å². The molecule has 0 aromatic heterocycles. The Balaban J connectivity index is 1.76. The van der Waals surface area contributed by atoms with E-state index in [2.05, 4.69) is 5.32 Å². The molecule has 2 heterocycles. The summed E-state index contributed by atoms with van der Waals surface area (Å²) in [5, 5.41) is 3.22. The molecule has 0 radical (unpaired) electrons. The van der Waals surface area contributed by atoms with Gasteiger partial charge in [-0.3, -0.25) is 24.7 Å². The van der Waals surface area contributed by atoms with Crippen LogP contribution in [0.5, 0.6) is 11.5 Å². The first-order valence-electron chi connectivity index (χ1n) is 10.2. The summed E-state index contributed by atoms with van der Waals surface area (Å²) < 4.78 is 15.6. The summed E-state index contributed by atoms with van der Waals surface area (Å²) in [7, 11) is 3.12. The van der Waals surface area contributed by atoms with Gasteiger partial charge in [-0.1, -0.05) is 6.07 Å². The summed E-state index contributed by atoms with van der Waals surface area (Å²) >= 11 is 0. The molecule has 2 atom stereocenters. The number of methoxy groups -OCH3 is 2. The molecule has 1 N–H and O–H groups in total. The van der Waals surface area contributed by atoms with E-state index in [1.165, 1.54) is 9.80 Å². The van der Waals surface area contributed by atoms with Crippen molar-refractivity contribution in [2.24, 2.45) is 5.92 Å². The standard InChI is InChI=1S/C21H29N3O6/c1-4-30-18(25)13-24-19-15(6-5-10-22-19)20(26)23(21(24)27)11-9-14-7-8-16(28-2)17(12-14)29-3/h7-8,12,15,19,22H,4-6,9-11,13H2,1-3H3. The lowest BCUT2D eigenvalue weighted by Crippen LogP contribution is -2.68. The number of carbonyl (C=O) groups is 3. The Morgan fingerprint density at radius 3 is 2.67 bits per heavy atom. The van der Waals surface area contributed by atoms with Crippen LogP contribution in [0.1, 0.15) is 25.3 Å². The molecule has 2 fully saturated rings. The molecule has 0 bridgehead atoms. The molecule has 2 unspecified atom stereocenters. The summed E-state index contributed by atoms with van der Waals surface area (Å²) in [6.07, 6.45) is 1.52. The summed E-state index contributed by atoms with van der Waals surface area (Å²) in [6, 6.07) is 5.03. The number of esters is 1. The zero-order valence-electron chi connectivity index (χ0n) is 17.7. The SMILES string of the molecule is CCOC(=O)CN1C(=O)N(CCc2ccc(OC)c(OC)c2)C(=O)C2CCCNC21. The Morgan fingerprint density at radius 1 is 1.20 bits per heavy atom. The van der Waals surface area contributed by atoms with Crippen LogP contribution in [0.25, 0.3) is 0 Å². The van der Waals surface area contributed by atoms with E-state index in [0.29, 0.717) is 30.9 Å². The van der Waals surface area contributed by atoms with Gasteiger partial charge in [0.05, 0.1) is 32.9 Å². The average Bonchev–Trinajstić information content (AvgIpc) is 2.76. The van der Waals surface area contributed by atoms with E-state index in [1.807, 2.05) is 12.1 Å². The number of carbonyl (C=O) groups excluding carboxylic acids is 3. The molecule has 1 aromatic carbocycles. The third-order valence-corrected chi connectivity index (χ3v) is 5.50. The van der Waals surface area contributed by atoms with Crippen molar-refractivity contribution < 1.29 is 28.6 Å². The molecule has 9 heteroatoms. The minimum Gasteiger partial charge on any atom is -0.493 e. The fourth-order valence-electron chi connectivity index (χ4n) is 4.02. The maximum atomic E-state index is 13.1. The minimum atomic E-state index is -0.480. The van der Waals surface area contributed by atoms with Gasteiger partial charge >= 0.3 is 12.0 Å². The minimum absolute atomic E-state index is 0.180. The first kappa shape index (κ1) is 21.9. The van der Waals surface area contributed by atoms with E-state index in [-0.39, 0.29) is 31.5 Å². The predicted molar refractivity (Wildman–Crippen MR) is 108 cm³/mol. The van der Waals surface area contributed by atoms with Gasteiger partial charge in [-0.05, 0) is 50.4 Å². The van der Waals surface area contributed by atoms with Crippen molar-refractivity contribution in [3.05, 3.63) is 23.8 Å². The largest absolute Gasteiger partial charge is 0.493 e. The van der Waals surface area contributed by atoms with Crippen LogP contribution < -0.4 is 14.8 Å². The van der Waals surface area contributed by atoms with Gasteiger partial charge in [0.1, 0.15) is 6.54 Å². The Hall–Kier alpha value is -2.81. The van der Waals surface area contributed by atoms with Gasteiger partial charge in [-0.2, -0.15) is 0 Å². The van der Waals surface area contributed by atoms with E-state index in [9.17, 15) is 14.4 Å². The molecule has 9 nitrogen and oxygen atoms in total. The third-order valence-electron chi connectivity index (χ3n) is 5.50. The lowest BCUT2D eigenvalue weighted by Gasteiger charge is -2.46. The lowest BCUT2D eigenvalue weighted by molar-refractivity contribution is -0.150. The van der Waals surface area contributed by atoms with Gasteiger partial charge in [0.2, 0.25) is 5.91 Å². The molecule has 164 valence electrons. The molecular weight excluding hydrogens is 390 g/mol. The first-order chi connectivity index (χ1) is 14.5. The number of imide groups is 1. The van der Waals surface area contributed by atoms with Crippen LogP contribution >= 0.6 is 0 Å². The smallest absolute Gasteiger partial charge is 0.328 e. The van der Waals surface area contributed by atoms with Crippen LogP contribution in [-0.4, -0.2) is 74.3 Å². The maximum Gasteiger partial charge on any atom is 0.328 e. The van der Waals surface area contributed by atoms with Gasteiger partial charge in [0.25, 0.3) is 0 Å². The molecule has 30 heavy (non-hydrogen) atoms. The van der Waals surface area contributed by atoms with Crippen molar-refractivity contribution in [1.82, 2.24) is 15.1 Å². The van der Waals surface area contributed by atoms with Crippen molar-refractivity contribution in [3.8, 4) is 11.5 Å². The zero-order valence-corrected chi connectivity index (χ0v) is 17.7. The number of fused-ring (bicyclic) bond motifs is 1. The first-order valence-corrected chi connectivity index (χ1v) is 10.2. The molecule has 1 aromatic rings. The Bertz CT molecular complexity index is 799. The zero-order chi connectivity index (χ0) is 21.7. The molecular formula is C21H29N3O6. The average molecular weight is 419 g/mol. The van der Waals surface area contributed by atoms with Crippen molar-refractivity contribution in [1.29, 1.82) is 0 Å². The Labute approximate surface area is 176 Å². The third kappa shape index (κ3) is 4.51. The van der Waals surface area contributed by atoms with E-state index < -0.39 is 18.2 Å². The fraction of sp³-hybridized carbons (Fsp3) is 0.571. The normalized spacial score (nSPS) is 21.3. The second-order valence-corrected chi connectivity index (χ2v) is 7.29. The monoisotopic (exact) mass is 419 g/mol. The highest BCUT2D eigenvalue weighted by molar-refractivity contribution is 5.99. The van der Waals surface area contributed by atoms with Crippen LogP contribution in [0.4, 0.5) is 4.79 Å². The van der Waals surface area contributed by atoms with Gasteiger partial charge in [0.15, 0.2) is 11.5 Å². The van der Waals surface area contributed by atoms with Gasteiger partial charge in [-0.15, -0.1) is 0 Å². The molecule has 0 aliphatic carbocycles. The highest BCUT2D eigenvalue weighted by atomic mass is 16.5. The Kier molecular flexibility index (Phi) is 7.15. The van der Waals surface area contributed by atoms with Gasteiger partial charge in [-0.25, -0.2) is 4.79 Å². The topological polar surface area (TPSA) is 97.4 Å². The number of hydrogen-bond acceptors (Lipinski definition) is 7. The number of urea groups is 1. The van der Waals surface area contributed by atoms with E-state index >= 15 is 0 Å². The number of nitrogens with zero attached hydrogens (tertiary/aromatic N) is 2. The molecule has 3 rings (SSSR count). The van der Waals surface area contributed by atoms with Crippen molar-refractivity contribution in [2.45, 2.75) is 32.4 Å². The number of piperidine rings is 1. The van der Waals surface area contributed by atoms with Gasteiger partial charge in [0, 0.05) is 6.54 Å². The summed E-state index contributed by atoms with van der Waals surface area (Å²) in [5.74, 6) is 0.162. The molecule has 3 amide bonds. The van der Waals surface area contributed by atoms with Crippen molar-refractivity contribution in [2.75, 3.05) is 40.5 Å². The summed E-state index contributed by atoms with van der Waals surface area (Å²) in [6.45, 7) is 2.70. The van der Waals surface area contributed by atoms with E-state index in [1.54, 1.807) is 27.2 Å². The van der Waals surface area contributed by atoms with E-state index in [4.69, 9.17) is 14.2 Å². The van der Waals surface area contributed by atoms with Crippen molar-refractivity contribution >= 4 is 17.9 Å². The predicted octanol–water partition coefficient (Wildman–Crippen LogP) is 1.40. The quantitative estimate of drug-likeness (QED) is 0.636. The highest BCUT2D eigenvalue weighted by Crippen LogP contribution is 2.30. The van der Waals surface area contributed by atoms with Crippen LogP contribution in [0.3, 0.4) is 0 Å². The highest BCUT2D eigenvalue weighted by Gasteiger charge is 2.47. The second kappa shape index (κ2) is 9.80. The fourth-order valence-corrected chi connectivity index (χ4v) is 4.02. The maximum absolute atomic E-state index is 13.1. The molecule has 0 spiro atoms. The number of hydrogen-bond donors (Lipinski definition) is 1. The number of rotatable bonds is 8. The van der Waals surface area contributed by atoms with E-state index in [0.717, 1.165) is 12.0 Å². The number of benzene rings is 1. The van der Waals surface area contributed by atoms with Gasteiger partial charge < -0.3 is 14.2 Å². The number of amides is 3. The number of ether oxygens (including phenoxy) is 3. The second-order valence-electron chi connectivity index (χ2n) is 7.29. The molecule has 2 aliphatic heterocycles. The van der Waals surface area contributed by atoms with Crippen molar-refractivity contribution in [3.63, 3.8) is 0 Å². The Morgan fingerprint density at radius 2 is 1.97 bits per heavy atom. The molecule has 2 aliphatic rings. The molecule has 0 saturated carbocycles.